The topological polar surface area (TPSA) is 307 Å². The fourth-order valence-corrected chi connectivity index (χ4v) is 14.2. The molecule has 0 aromatic carbocycles. The predicted molar refractivity (Wildman–Crippen MR) is 434 cm³/mol. The molecule has 0 aromatic heterocycles. The summed E-state index contributed by atoms with van der Waals surface area (Å²) in [5.41, 5.74) is 0. The molecular formula is C89H157NO18. The van der Waals surface area contributed by atoms with Gasteiger partial charge in [-0.2, -0.15) is 0 Å². The Morgan fingerprint density at radius 2 is 0.648 bits per heavy atom. The molecule has 19 heteroatoms. The van der Waals surface area contributed by atoms with E-state index in [9.17, 15) is 61.0 Å². The van der Waals surface area contributed by atoms with Crippen molar-refractivity contribution in [1.82, 2.24) is 5.32 Å². The average molecular weight is 1530 g/mol. The number of nitrogens with one attached hydrogen (secondary N) is 1. The van der Waals surface area contributed by atoms with Crippen LogP contribution in [0.25, 0.3) is 0 Å². The number of hydrogen-bond donors (Lipinski definition) is 12. The van der Waals surface area contributed by atoms with E-state index in [1.807, 2.05) is 6.08 Å². The number of carbonyl (C=O) groups excluding carboxylic acids is 1. The maximum absolute atomic E-state index is 13.5. The van der Waals surface area contributed by atoms with Crippen molar-refractivity contribution in [2.24, 2.45) is 0 Å². The molecule has 3 aliphatic heterocycles. The van der Waals surface area contributed by atoms with Crippen LogP contribution in [0, 0.1) is 0 Å². The van der Waals surface area contributed by atoms with Gasteiger partial charge in [-0.15, -0.1) is 0 Å². The summed E-state index contributed by atoms with van der Waals surface area (Å²) in [6.45, 7) is 1.63. The zero-order valence-electron chi connectivity index (χ0n) is 67.3. The van der Waals surface area contributed by atoms with Gasteiger partial charge in [0.15, 0.2) is 18.9 Å². The number of rotatable bonds is 69. The molecule has 3 rings (SSSR count). The van der Waals surface area contributed by atoms with Gasteiger partial charge in [-0.1, -0.05) is 329 Å². The molecule has 108 heavy (non-hydrogen) atoms. The minimum absolute atomic E-state index is 0.231. The van der Waals surface area contributed by atoms with Crippen LogP contribution < -0.4 is 5.32 Å². The number of carbonyl (C=O) groups is 1. The van der Waals surface area contributed by atoms with E-state index in [1.165, 1.54) is 218 Å². The third kappa shape index (κ3) is 46.8. The van der Waals surface area contributed by atoms with Crippen LogP contribution in [0.2, 0.25) is 0 Å². The van der Waals surface area contributed by atoms with Gasteiger partial charge in [0.05, 0.1) is 38.6 Å². The van der Waals surface area contributed by atoms with Gasteiger partial charge in [0, 0.05) is 6.42 Å². The maximum atomic E-state index is 13.5. The lowest BCUT2D eigenvalue weighted by Crippen LogP contribution is -2.66. The molecule has 17 atom stereocenters. The monoisotopic (exact) mass is 1530 g/mol. The molecule has 3 saturated heterocycles. The van der Waals surface area contributed by atoms with E-state index in [0.29, 0.717) is 12.8 Å². The first-order valence-electron chi connectivity index (χ1n) is 43.5. The number of aliphatic hydroxyl groups is 11. The molecule has 0 aliphatic carbocycles. The van der Waals surface area contributed by atoms with Gasteiger partial charge < -0.3 is 89.9 Å². The van der Waals surface area contributed by atoms with E-state index in [1.54, 1.807) is 6.08 Å². The summed E-state index contributed by atoms with van der Waals surface area (Å²) >= 11 is 0. The summed E-state index contributed by atoms with van der Waals surface area (Å²) in [5, 5.41) is 121. The molecule has 17 unspecified atom stereocenters. The molecule has 0 saturated carbocycles. The fourth-order valence-electron chi connectivity index (χ4n) is 14.2. The number of ether oxygens (including phenoxy) is 6. The average Bonchev–Trinajstić information content (AvgIpc) is 0.779. The molecule has 626 valence electrons. The predicted octanol–water partition coefficient (Wildman–Crippen LogP) is 15.9. The summed E-state index contributed by atoms with van der Waals surface area (Å²) in [5.74, 6) is -0.286. The van der Waals surface area contributed by atoms with Gasteiger partial charge >= 0.3 is 0 Å². The summed E-state index contributed by atoms with van der Waals surface area (Å²) in [6.07, 6.45) is 67.0. The molecule has 3 heterocycles. The lowest BCUT2D eigenvalue weighted by molar-refractivity contribution is -0.379. The molecule has 12 N–H and O–H groups in total. The van der Waals surface area contributed by atoms with E-state index >= 15 is 0 Å². The first kappa shape index (κ1) is 98.9. The van der Waals surface area contributed by atoms with Crippen molar-refractivity contribution < 1.29 is 89.4 Å². The highest BCUT2D eigenvalue weighted by atomic mass is 16.8. The minimum atomic E-state index is -1.99. The number of hydrogen-bond acceptors (Lipinski definition) is 18. The summed E-state index contributed by atoms with van der Waals surface area (Å²) in [6, 6.07) is -1.00. The van der Waals surface area contributed by atoms with Crippen LogP contribution in [0.5, 0.6) is 0 Å². The zero-order chi connectivity index (χ0) is 78.1. The van der Waals surface area contributed by atoms with Crippen molar-refractivity contribution in [1.29, 1.82) is 0 Å². The Hall–Kier alpha value is -3.29. The smallest absolute Gasteiger partial charge is 0.220 e. The van der Waals surface area contributed by atoms with E-state index in [-0.39, 0.29) is 18.9 Å². The molecular weight excluding hydrogens is 1370 g/mol. The van der Waals surface area contributed by atoms with Crippen LogP contribution in [0.1, 0.15) is 328 Å². The van der Waals surface area contributed by atoms with Crippen molar-refractivity contribution in [2.75, 3.05) is 26.4 Å². The summed E-state index contributed by atoms with van der Waals surface area (Å²) < 4.78 is 34.5. The Balaban J connectivity index is 1.34. The van der Waals surface area contributed by atoms with Gasteiger partial charge in [-0.05, 0) is 89.9 Å². The standard InChI is InChI=1S/C89H157NO18/c1-3-5-7-9-11-13-15-17-19-21-23-25-27-29-31-32-33-34-35-36-37-38-39-40-41-43-45-47-49-51-53-55-57-59-61-63-65-67-77(95)90-72(73(94)66-64-62-60-58-56-54-52-50-48-46-44-42-30-28-26-24-22-20-18-16-14-12-10-8-6-4-2)71-103-87-83(101)80(98)85(75(69-92)105-87)108-89-84(102)81(99)86(76(70-93)106-89)107-88-82(100)79(97)78(96)74(68-91)104-88/h5,7,11,13,17,19,23,25,29,31,48,50,56,58,64,66,72-76,78-89,91-94,96-102H,3-4,6,8-10,12,14-16,18,20-22,24,26-28,30,32-47,49,51-55,57,59-63,65,67-71H2,1-2H3,(H,90,95)/b7-5-,13-11-,19-17-,25-23-,31-29-,50-48+,58-56+,66-64+. The first-order valence-corrected chi connectivity index (χ1v) is 43.5. The van der Waals surface area contributed by atoms with Crippen molar-refractivity contribution in [3.63, 3.8) is 0 Å². The van der Waals surface area contributed by atoms with Crippen LogP contribution in [0.3, 0.4) is 0 Å². The molecule has 0 radical (unpaired) electrons. The second-order valence-electron chi connectivity index (χ2n) is 30.6. The van der Waals surface area contributed by atoms with Crippen molar-refractivity contribution in [2.45, 2.75) is 433 Å². The minimum Gasteiger partial charge on any atom is -0.394 e. The highest BCUT2D eigenvalue weighted by Gasteiger charge is 2.54. The summed E-state index contributed by atoms with van der Waals surface area (Å²) in [7, 11) is 0. The molecule has 3 fully saturated rings. The second-order valence-corrected chi connectivity index (χ2v) is 30.6. The molecule has 1 amide bonds. The first-order chi connectivity index (χ1) is 52.8. The lowest BCUT2D eigenvalue weighted by Gasteiger charge is -2.48. The zero-order valence-corrected chi connectivity index (χ0v) is 67.3. The maximum Gasteiger partial charge on any atom is 0.220 e. The van der Waals surface area contributed by atoms with Gasteiger partial charge in [0.2, 0.25) is 5.91 Å². The highest BCUT2D eigenvalue weighted by Crippen LogP contribution is 2.33. The highest BCUT2D eigenvalue weighted by molar-refractivity contribution is 5.76. The van der Waals surface area contributed by atoms with Crippen LogP contribution >= 0.6 is 0 Å². The SMILES string of the molecule is CC/C=C\C/C=C\C/C=C\C/C=C\C/C=C\CCCCCCCCCCCCCCCCCCCCCCCC(=O)NC(COC1OC(CO)C(OC2OC(CO)C(OC3OC(CO)C(O)C(O)C3O)C(O)C2O)C(O)C1O)C(O)/C=C/CC/C=C/CC/C=C/CCCCCCCCCCCCCCCCCC. The number of amides is 1. The number of unbranched alkanes of at least 4 members (excludes halogenated alkanes) is 39. The van der Waals surface area contributed by atoms with E-state index in [0.717, 1.165) is 77.0 Å². The molecule has 3 aliphatic rings. The van der Waals surface area contributed by atoms with Crippen molar-refractivity contribution >= 4 is 5.91 Å². The quantitative estimate of drug-likeness (QED) is 0.0199. The van der Waals surface area contributed by atoms with Crippen LogP contribution in [0.15, 0.2) is 97.2 Å². The molecule has 0 spiro atoms. The van der Waals surface area contributed by atoms with Gasteiger partial charge in [0.1, 0.15) is 73.2 Å². The Bertz CT molecular complexity index is 2330. The fraction of sp³-hybridized carbons (Fsp3) is 0.809. The lowest BCUT2D eigenvalue weighted by atomic mass is 9.96. The summed E-state index contributed by atoms with van der Waals surface area (Å²) in [4.78, 5) is 13.5. The van der Waals surface area contributed by atoms with Crippen LogP contribution in [-0.4, -0.2) is 193 Å². The Morgan fingerprint density at radius 3 is 1.04 bits per heavy atom. The third-order valence-corrected chi connectivity index (χ3v) is 21.1. The van der Waals surface area contributed by atoms with E-state index in [4.69, 9.17) is 28.4 Å². The molecule has 0 bridgehead atoms. The molecule has 0 aromatic rings. The van der Waals surface area contributed by atoms with Crippen molar-refractivity contribution in [3.8, 4) is 0 Å². The van der Waals surface area contributed by atoms with Crippen molar-refractivity contribution in [3.05, 3.63) is 97.2 Å². The Labute approximate surface area is 653 Å². The van der Waals surface area contributed by atoms with Crippen LogP contribution in [0.4, 0.5) is 0 Å². The number of allylic oxidation sites excluding steroid dienone is 15. The Morgan fingerprint density at radius 1 is 0.343 bits per heavy atom. The van der Waals surface area contributed by atoms with Gasteiger partial charge in [-0.3, -0.25) is 4.79 Å². The van der Waals surface area contributed by atoms with E-state index in [2.05, 4.69) is 104 Å². The van der Waals surface area contributed by atoms with Crippen LogP contribution in [-0.2, 0) is 33.2 Å². The third-order valence-electron chi connectivity index (χ3n) is 21.1. The number of aliphatic hydroxyl groups excluding tert-OH is 11. The normalized spacial score (nSPS) is 25.9. The largest absolute Gasteiger partial charge is 0.394 e. The van der Waals surface area contributed by atoms with E-state index < -0.39 is 124 Å². The molecule has 19 nitrogen and oxygen atoms in total. The second kappa shape index (κ2) is 68.1. The van der Waals surface area contributed by atoms with Gasteiger partial charge in [-0.25, -0.2) is 0 Å². The van der Waals surface area contributed by atoms with Gasteiger partial charge in [0.25, 0.3) is 0 Å². The Kier molecular flexibility index (Phi) is 62.4.